The van der Waals surface area contributed by atoms with Gasteiger partial charge in [-0.1, -0.05) is 13.8 Å². The van der Waals surface area contributed by atoms with Crippen molar-refractivity contribution in [3.63, 3.8) is 0 Å². The van der Waals surface area contributed by atoms with E-state index in [4.69, 9.17) is 4.74 Å². The molecule has 5 heteroatoms. The maximum Gasteiger partial charge on any atom is 0.245 e. The average molecular weight is 242 g/mol. The van der Waals surface area contributed by atoms with Gasteiger partial charge >= 0.3 is 0 Å². The van der Waals surface area contributed by atoms with Crippen molar-refractivity contribution in [1.29, 1.82) is 0 Å². The van der Waals surface area contributed by atoms with Gasteiger partial charge in [0.15, 0.2) is 0 Å². The molecule has 0 aromatic rings. The van der Waals surface area contributed by atoms with E-state index in [1.807, 2.05) is 20.8 Å². The lowest BCUT2D eigenvalue weighted by atomic mass is 10.0. The van der Waals surface area contributed by atoms with Crippen LogP contribution in [0.5, 0.6) is 0 Å². The van der Waals surface area contributed by atoms with Gasteiger partial charge in [-0.25, -0.2) is 0 Å². The van der Waals surface area contributed by atoms with Crippen molar-refractivity contribution >= 4 is 11.8 Å². The van der Waals surface area contributed by atoms with Crippen LogP contribution in [0.25, 0.3) is 0 Å². The lowest BCUT2D eigenvalue weighted by molar-refractivity contribution is -0.146. The zero-order valence-corrected chi connectivity index (χ0v) is 11.0. The maximum absolute atomic E-state index is 12.1. The Morgan fingerprint density at radius 1 is 1.41 bits per heavy atom. The smallest absolute Gasteiger partial charge is 0.245 e. The van der Waals surface area contributed by atoms with Crippen LogP contribution in [0.15, 0.2) is 0 Å². The van der Waals surface area contributed by atoms with E-state index in [2.05, 4.69) is 5.32 Å². The highest BCUT2D eigenvalue weighted by Crippen LogP contribution is 2.12. The summed E-state index contributed by atoms with van der Waals surface area (Å²) in [6.45, 7) is 6.57. The molecule has 1 rings (SSSR count). The predicted molar refractivity (Wildman–Crippen MR) is 64.4 cm³/mol. The number of methoxy groups -OCH3 is 1. The van der Waals surface area contributed by atoms with Crippen LogP contribution >= 0.6 is 0 Å². The van der Waals surface area contributed by atoms with Gasteiger partial charge in [-0.05, 0) is 19.3 Å². The Hall–Kier alpha value is -1.10. The Balaban J connectivity index is 2.65. The molecular formula is C12H22N2O3. The zero-order chi connectivity index (χ0) is 13.0. The molecule has 1 aliphatic heterocycles. The number of nitrogens with zero attached hydrogens (tertiary/aromatic N) is 1. The fraction of sp³-hybridized carbons (Fsp3) is 0.833. The van der Waals surface area contributed by atoms with E-state index in [0.29, 0.717) is 18.9 Å². The Morgan fingerprint density at radius 3 is 2.59 bits per heavy atom. The Kier molecular flexibility index (Phi) is 4.93. The Labute approximate surface area is 102 Å². The molecule has 0 aromatic carbocycles. The molecule has 0 aliphatic carbocycles. The molecule has 0 bridgehead atoms. The third-order valence-corrected chi connectivity index (χ3v) is 2.87. The number of carbonyl (C=O) groups excluding carboxylic acids is 2. The lowest BCUT2D eigenvalue weighted by Gasteiger charge is -2.34. The molecule has 5 nitrogen and oxygen atoms in total. The van der Waals surface area contributed by atoms with Crippen molar-refractivity contribution in [3.8, 4) is 0 Å². The van der Waals surface area contributed by atoms with Crippen LogP contribution in [0.2, 0.25) is 0 Å². The first-order valence-electron chi connectivity index (χ1n) is 6.05. The number of carbonyl (C=O) groups is 2. The highest BCUT2D eigenvalue weighted by atomic mass is 16.5. The minimum atomic E-state index is -0.375. The molecule has 1 aliphatic rings. The molecule has 98 valence electrons. The van der Waals surface area contributed by atoms with Gasteiger partial charge < -0.3 is 15.0 Å². The van der Waals surface area contributed by atoms with Crippen LogP contribution in [0, 0.1) is 5.92 Å². The fourth-order valence-electron chi connectivity index (χ4n) is 1.94. The molecule has 0 spiro atoms. The van der Waals surface area contributed by atoms with Crippen molar-refractivity contribution in [2.24, 2.45) is 5.92 Å². The van der Waals surface area contributed by atoms with Gasteiger partial charge in [-0.15, -0.1) is 0 Å². The van der Waals surface area contributed by atoms with E-state index in [0.717, 1.165) is 0 Å². The number of amides is 2. The van der Waals surface area contributed by atoms with Crippen LogP contribution in [0.4, 0.5) is 0 Å². The monoisotopic (exact) mass is 242 g/mol. The molecule has 1 fully saturated rings. The second kappa shape index (κ2) is 6.00. The van der Waals surface area contributed by atoms with E-state index >= 15 is 0 Å². The molecule has 2 atom stereocenters. The number of hydrogen-bond donors (Lipinski definition) is 1. The van der Waals surface area contributed by atoms with E-state index in [9.17, 15) is 9.59 Å². The Bertz CT molecular complexity index is 291. The summed E-state index contributed by atoms with van der Waals surface area (Å²) < 4.78 is 5.13. The molecule has 1 heterocycles. The summed E-state index contributed by atoms with van der Waals surface area (Å²) in [6.07, 6.45) is 0.632. The fourth-order valence-corrected chi connectivity index (χ4v) is 1.94. The molecule has 0 radical (unpaired) electrons. The summed E-state index contributed by atoms with van der Waals surface area (Å²) in [4.78, 5) is 25.2. The van der Waals surface area contributed by atoms with Crippen molar-refractivity contribution < 1.29 is 14.3 Å². The number of hydrogen-bond acceptors (Lipinski definition) is 3. The van der Waals surface area contributed by atoms with Gasteiger partial charge in [0.1, 0.15) is 6.04 Å². The first kappa shape index (κ1) is 14.0. The highest BCUT2D eigenvalue weighted by molar-refractivity contribution is 5.94. The van der Waals surface area contributed by atoms with E-state index in [1.165, 1.54) is 0 Å². The summed E-state index contributed by atoms with van der Waals surface area (Å²) in [5.41, 5.74) is 0. The molecular weight excluding hydrogens is 220 g/mol. The topological polar surface area (TPSA) is 58.6 Å². The Morgan fingerprint density at radius 2 is 2.06 bits per heavy atom. The number of nitrogens with one attached hydrogen (secondary N) is 1. The molecule has 1 saturated heterocycles. The molecule has 2 amide bonds. The van der Waals surface area contributed by atoms with Crippen molar-refractivity contribution in [1.82, 2.24) is 10.2 Å². The van der Waals surface area contributed by atoms with Crippen molar-refractivity contribution in [2.75, 3.05) is 20.2 Å². The molecule has 0 saturated carbocycles. The average Bonchev–Trinajstić information content (AvgIpc) is 2.23. The highest BCUT2D eigenvalue weighted by Gasteiger charge is 2.33. The largest absolute Gasteiger partial charge is 0.380 e. The molecule has 17 heavy (non-hydrogen) atoms. The summed E-state index contributed by atoms with van der Waals surface area (Å²) in [7, 11) is 1.60. The van der Waals surface area contributed by atoms with Gasteiger partial charge in [-0.3, -0.25) is 9.59 Å². The molecule has 0 aromatic heterocycles. The van der Waals surface area contributed by atoms with E-state index < -0.39 is 0 Å². The summed E-state index contributed by atoms with van der Waals surface area (Å²) >= 11 is 0. The summed E-state index contributed by atoms with van der Waals surface area (Å²) in [5, 5.41) is 2.75. The lowest BCUT2D eigenvalue weighted by Crippen LogP contribution is -2.59. The second-order valence-electron chi connectivity index (χ2n) is 5.01. The number of rotatable bonds is 5. The zero-order valence-electron chi connectivity index (χ0n) is 11.0. The van der Waals surface area contributed by atoms with Crippen LogP contribution in [0.1, 0.15) is 27.2 Å². The quantitative estimate of drug-likeness (QED) is 0.759. The van der Waals surface area contributed by atoms with Gasteiger partial charge in [-0.2, -0.15) is 0 Å². The van der Waals surface area contributed by atoms with Crippen molar-refractivity contribution in [2.45, 2.75) is 39.3 Å². The van der Waals surface area contributed by atoms with Crippen LogP contribution in [-0.4, -0.2) is 49.1 Å². The summed E-state index contributed by atoms with van der Waals surface area (Å²) in [6, 6.07) is -0.375. The number of piperazine rings is 1. The van der Waals surface area contributed by atoms with Crippen molar-refractivity contribution in [3.05, 3.63) is 0 Å². The van der Waals surface area contributed by atoms with Gasteiger partial charge in [0.2, 0.25) is 11.8 Å². The standard InChI is InChI=1S/C12H22N2O3/c1-8(2)5-10-12(16)14(6-9(3)17-4)7-11(15)13-10/h8-10H,5-7H2,1-4H3,(H,13,15). The normalized spacial score (nSPS) is 22.9. The van der Waals surface area contributed by atoms with Gasteiger partial charge in [0, 0.05) is 13.7 Å². The predicted octanol–water partition coefficient (Wildman–Crippen LogP) is 0.394. The third kappa shape index (κ3) is 4.00. The first-order valence-corrected chi connectivity index (χ1v) is 6.05. The molecule has 1 N–H and O–H groups in total. The van der Waals surface area contributed by atoms with Gasteiger partial charge in [0.05, 0.1) is 12.6 Å². The van der Waals surface area contributed by atoms with E-state index in [-0.39, 0.29) is 30.5 Å². The number of ether oxygens (including phenoxy) is 1. The van der Waals surface area contributed by atoms with Crippen LogP contribution in [-0.2, 0) is 14.3 Å². The molecule has 2 unspecified atom stereocenters. The second-order valence-corrected chi connectivity index (χ2v) is 5.01. The minimum Gasteiger partial charge on any atom is -0.380 e. The summed E-state index contributed by atoms with van der Waals surface area (Å²) in [5.74, 6) is 0.296. The van der Waals surface area contributed by atoms with E-state index in [1.54, 1.807) is 12.0 Å². The van der Waals surface area contributed by atoms with Crippen LogP contribution < -0.4 is 5.32 Å². The van der Waals surface area contributed by atoms with Gasteiger partial charge in [0.25, 0.3) is 0 Å². The minimum absolute atomic E-state index is 0.00204. The van der Waals surface area contributed by atoms with Crippen LogP contribution in [0.3, 0.4) is 0 Å². The SMILES string of the molecule is COC(C)CN1CC(=O)NC(CC(C)C)C1=O. The first-order chi connectivity index (χ1) is 7.93. The maximum atomic E-state index is 12.1. The third-order valence-electron chi connectivity index (χ3n) is 2.87.